The zero-order chi connectivity index (χ0) is 49.7. The Morgan fingerprint density at radius 1 is 0.230 bits per heavy atom. The van der Waals surface area contributed by atoms with Crippen LogP contribution in [0.2, 0.25) is 0 Å². The molecule has 0 saturated carbocycles. The first-order chi connectivity index (χ1) is 36.2. The van der Waals surface area contributed by atoms with Crippen molar-refractivity contribution in [2.75, 3.05) is 0 Å². The molecule has 10 aromatic carbocycles. The van der Waals surface area contributed by atoms with Gasteiger partial charge < -0.3 is 0 Å². The van der Waals surface area contributed by atoms with Crippen LogP contribution in [0.5, 0.6) is 0 Å². The van der Waals surface area contributed by atoms with Gasteiger partial charge in [-0.25, -0.2) is 9.97 Å². The summed E-state index contributed by atoms with van der Waals surface area (Å²) >= 11 is 0. The quantitative estimate of drug-likeness (QED) is 0.159. The fraction of sp³-hybridized carbons (Fsp3) is 0.0833. The molecule has 2 aromatic heterocycles. The van der Waals surface area contributed by atoms with Crippen molar-refractivity contribution in [2.45, 2.75) is 38.5 Å². The van der Waals surface area contributed by atoms with Gasteiger partial charge in [0.05, 0.1) is 22.8 Å². The van der Waals surface area contributed by atoms with Gasteiger partial charge in [-0.15, -0.1) is 0 Å². The van der Waals surface area contributed by atoms with Gasteiger partial charge >= 0.3 is 0 Å². The average molecular weight is 945 g/mol. The number of fused-ring (bicyclic) bond motifs is 8. The second kappa shape index (κ2) is 16.8. The molecule has 0 N–H and O–H groups in total. The highest BCUT2D eigenvalue weighted by Gasteiger charge is 2.37. The first-order valence-electron chi connectivity index (χ1n) is 25.9. The maximum atomic E-state index is 5.23. The molecular weight excluding hydrogens is 893 g/mol. The lowest BCUT2D eigenvalue weighted by Gasteiger charge is -2.22. The molecule has 14 rings (SSSR count). The maximum Gasteiger partial charge on any atom is 0.0715 e. The zero-order valence-electron chi connectivity index (χ0n) is 42.0. The summed E-state index contributed by atoms with van der Waals surface area (Å²) in [5.41, 5.74) is 26.2. The van der Waals surface area contributed by atoms with Crippen LogP contribution in [-0.2, 0) is 10.8 Å². The number of aromatic nitrogens is 2. The minimum atomic E-state index is -0.168. The average Bonchev–Trinajstić information content (AvgIpc) is 3.87. The molecule has 0 bridgehead atoms. The number of benzene rings is 10. The Kier molecular flexibility index (Phi) is 9.94. The highest BCUT2D eigenvalue weighted by atomic mass is 14.7. The normalized spacial score (nSPS) is 13.6. The summed E-state index contributed by atoms with van der Waals surface area (Å²) < 4.78 is 0. The topological polar surface area (TPSA) is 25.8 Å². The van der Waals surface area contributed by atoms with Crippen LogP contribution in [0.1, 0.15) is 49.9 Å². The molecule has 0 fully saturated rings. The van der Waals surface area contributed by atoms with Crippen LogP contribution >= 0.6 is 0 Å². The minimum Gasteiger partial charge on any atom is -0.248 e. The molecule has 12 aromatic rings. The molecule has 0 unspecified atom stereocenters. The van der Waals surface area contributed by atoms with E-state index in [1.54, 1.807) is 0 Å². The van der Waals surface area contributed by atoms with Crippen molar-refractivity contribution < 1.29 is 0 Å². The third-order valence-corrected chi connectivity index (χ3v) is 16.3. The molecule has 0 saturated heterocycles. The molecule has 2 heteroatoms. The van der Waals surface area contributed by atoms with Crippen molar-refractivity contribution in [1.29, 1.82) is 0 Å². The second-order valence-corrected chi connectivity index (χ2v) is 21.3. The maximum absolute atomic E-state index is 5.23. The van der Waals surface area contributed by atoms with E-state index < -0.39 is 0 Å². The van der Waals surface area contributed by atoms with Crippen molar-refractivity contribution >= 4 is 21.5 Å². The third-order valence-electron chi connectivity index (χ3n) is 16.3. The van der Waals surface area contributed by atoms with E-state index in [9.17, 15) is 0 Å². The SMILES string of the molecule is CC1(C)c2cc(-c3ccc(-c4ccc(-c5ccc6c(c5)C(C)(C)c5cc(-c7cccc(-c8cccc9ccccc89)n7)ccc5-6)cc4)cc3)ccc2-c2ccc(-c3cccc(-c4cccc5ccccc45)n3)cc21. The largest absolute Gasteiger partial charge is 0.248 e. The summed E-state index contributed by atoms with van der Waals surface area (Å²) in [5.74, 6) is 0. The highest BCUT2D eigenvalue weighted by Crippen LogP contribution is 2.52. The van der Waals surface area contributed by atoms with Gasteiger partial charge in [0.2, 0.25) is 0 Å². The van der Waals surface area contributed by atoms with Crippen molar-refractivity contribution in [3.05, 3.63) is 265 Å². The van der Waals surface area contributed by atoms with Gasteiger partial charge in [0, 0.05) is 33.1 Å². The van der Waals surface area contributed by atoms with Crippen LogP contribution in [0.15, 0.2) is 243 Å². The molecule has 0 atom stereocenters. The van der Waals surface area contributed by atoms with E-state index in [1.165, 1.54) is 99.4 Å². The number of hydrogen-bond donors (Lipinski definition) is 0. The van der Waals surface area contributed by atoms with Gasteiger partial charge in [0.15, 0.2) is 0 Å². The van der Waals surface area contributed by atoms with Gasteiger partial charge in [0.25, 0.3) is 0 Å². The lowest BCUT2D eigenvalue weighted by atomic mass is 9.81. The number of hydrogen-bond acceptors (Lipinski definition) is 2. The monoisotopic (exact) mass is 944 g/mol. The molecule has 0 aliphatic heterocycles. The van der Waals surface area contributed by atoms with Gasteiger partial charge in [0.1, 0.15) is 0 Å². The van der Waals surface area contributed by atoms with Gasteiger partial charge in [-0.3, -0.25) is 0 Å². The van der Waals surface area contributed by atoms with Crippen LogP contribution in [-0.4, -0.2) is 9.97 Å². The van der Waals surface area contributed by atoms with Crippen LogP contribution in [0.3, 0.4) is 0 Å². The first-order valence-corrected chi connectivity index (χ1v) is 25.9. The summed E-state index contributed by atoms with van der Waals surface area (Å²) in [4.78, 5) is 10.5. The summed E-state index contributed by atoms with van der Waals surface area (Å²) in [6.07, 6.45) is 0. The molecule has 0 radical (unpaired) electrons. The fourth-order valence-corrected chi connectivity index (χ4v) is 12.3. The van der Waals surface area contributed by atoms with Crippen molar-refractivity contribution in [3.8, 4) is 101 Å². The van der Waals surface area contributed by atoms with E-state index >= 15 is 0 Å². The van der Waals surface area contributed by atoms with E-state index in [1.807, 2.05) is 0 Å². The van der Waals surface area contributed by atoms with Crippen molar-refractivity contribution in [2.24, 2.45) is 0 Å². The van der Waals surface area contributed by atoms with E-state index in [0.717, 1.165) is 45.0 Å². The molecule has 0 spiro atoms. The Morgan fingerprint density at radius 3 is 0.905 bits per heavy atom. The number of pyridine rings is 2. The Morgan fingerprint density at radius 2 is 0.514 bits per heavy atom. The molecule has 2 heterocycles. The number of nitrogens with zero attached hydrogens (tertiary/aromatic N) is 2. The Hall–Kier alpha value is -8.98. The van der Waals surface area contributed by atoms with Gasteiger partial charge in [-0.1, -0.05) is 222 Å². The Bertz CT molecular complexity index is 3950. The van der Waals surface area contributed by atoms with E-state index in [4.69, 9.17) is 9.97 Å². The minimum absolute atomic E-state index is 0.168. The summed E-state index contributed by atoms with van der Waals surface area (Å²) in [6, 6.07) is 88.9. The summed E-state index contributed by atoms with van der Waals surface area (Å²) in [5, 5.41) is 4.89. The molecule has 2 nitrogen and oxygen atoms in total. The van der Waals surface area contributed by atoms with E-state index in [-0.39, 0.29) is 10.8 Å². The molecule has 2 aliphatic rings. The lowest BCUT2D eigenvalue weighted by Crippen LogP contribution is -2.15. The highest BCUT2D eigenvalue weighted by molar-refractivity contribution is 5.97. The van der Waals surface area contributed by atoms with Gasteiger partial charge in [-0.2, -0.15) is 0 Å². The van der Waals surface area contributed by atoms with E-state index in [0.29, 0.717) is 0 Å². The molecule has 2 aliphatic carbocycles. The smallest absolute Gasteiger partial charge is 0.0715 e. The Balaban J connectivity index is 0.690. The van der Waals surface area contributed by atoms with Crippen molar-refractivity contribution in [1.82, 2.24) is 9.97 Å². The first kappa shape index (κ1) is 43.8. The number of rotatable bonds is 7. The molecular formula is C72H52N2. The fourth-order valence-electron chi connectivity index (χ4n) is 12.3. The summed E-state index contributed by atoms with van der Waals surface area (Å²) in [6.45, 7) is 9.45. The van der Waals surface area contributed by atoms with E-state index in [2.05, 4.69) is 270 Å². The zero-order valence-corrected chi connectivity index (χ0v) is 42.0. The molecule has 0 amide bonds. The van der Waals surface area contributed by atoms with Crippen LogP contribution in [0.4, 0.5) is 0 Å². The predicted molar refractivity (Wildman–Crippen MR) is 310 cm³/mol. The molecule has 350 valence electrons. The standard InChI is InChI=1S/C72H52N2/c1-71(2)63-41-51(33-37-57(63)59-39-35-53(43-65(59)71)67-21-11-23-69(73-67)61-19-9-15-49-13-5-7-17-55(49)61)47-29-25-45(26-30-47)46-27-31-48(32-28-46)52-34-38-58-60-40-36-54(44-66(60)72(3,4)64(58)42-52)68-22-12-24-70(74-68)62-20-10-16-50-14-6-8-18-56(50)62/h5-44H,1-4H3. The van der Waals surface area contributed by atoms with Crippen molar-refractivity contribution in [3.63, 3.8) is 0 Å². The molecule has 74 heavy (non-hydrogen) atoms. The van der Waals surface area contributed by atoms with Crippen LogP contribution in [0.25, 0.3) is 122 Å². The van der Waals surface area contributed by atoms with Crippen LogP contribution < -0.4 is 0 Å². The third kappa shape index (κ3) is 7.08. The second-order valence-electron chi connectivity index (χ2n) is 21.3. The summed E-state index contributed by atoms with van der Waals surface area (Å²) in [7, 11) is 0. The van der Waals surface area contributed by atoms with Gasteiger partial charge in [-0.05, 0) is 148 Å². The lowest BCUT2D eigenvalue weighted by molar-refractivity contribution is 0.660. The van der Waals surface area contributed by atoms with Crippen LogP contribution in [0, 0.1) is 0 Å². The Labute approximate surface area is 433 Å². The predicted octanol–water partition coefficient (Wildman–Crippen LogP) is 19.1.